The average molecular weight is 264 g/mol. The Morgan fingerprint density at radius 3 is 2.53 bits per heavy atom. The van der Waals surface area contributed by atoms with Gasteiger partial charge < -0.3 is 10.1 Å². The molecule has 0 aliphatic carbocycles. The molecule has 0 saturated carbocycles. The highest BCUT2D eigenvalue weighted by Gasteiger charge is 2.20. The van der Waals surface area contributed by atoms with E-state index >= 15 is 0 Å². The van der Waals surface area contributed by atoms with E-state index in [-0.39, 0.29) is 6.10 Å². The number of aryl methyl sites for hydroxylation is 1. The van der Waals surface area contributed by atoms with Crippen molar-refractivity contribution >= 4 is 0 Å². The molecular formula is C16H28N2O. The Morgan fingerprint density at radius 2 is 2.05 bits per heavy atom. The molecule has 108 valence electrons. The molecule has 0 aromatic carbocycles. The number of hydrogen-bond acceptors (Lipinski definition) is 3. The molecule has 3 nitrogen and oxygen atoms in total. The molecule has 1 aromatic rings. The van der Waals surface area contributed by atoms with E-state index < -0.39 is 0 Å². The van der Waals surface area contributed by atoms with E-state index in [4.69, 9.17) is 4.74 Å². The van der Waals surface area contributed by atoms with Crippen molar-refractivity contribution in [2.24, 2.45) is 0 Å². The van der Waals surface area contributed by atoms with Crippen LogP contribution in [0.1, 0.15) is 44.9 Å². The molecule has 3 heteroatoms. The minimum Gasteiger partial charge on any atom is -0.380 e. The minimum absolute atomic E-state index is 0.262. The first-order chi connectivity index (χ1) is 9.24. The molecule has 0 aliphatic rings. The van der Waals surface area contributed by atoms with Gasteiger partial charge in [0.1, 0.15) is 0 Å². The molecule has 1 N–H and O–H groups in total. The highest BCUT2D eigenvalue weighted by Crippen LogP contribution is 2.12. The van der Waals surface area contributed by atoms with E-state index in [0.717, 1.165) is 37.9 Å². The van der Waals surface area contributed by atoms with Crippen LogP contribution in [0.25, 0.3) is 0 Å². The first kappa shape index (κ1) is 16.1. The summed E-state index contributed by atoms with van der Waals surface area (Å²) in [7, 11) is 1.80. The first-order valence-corrected chi connectivity index (χ1v) is 7.45. The van der Waals surface area contributed by atoms with Gasteiger partial charge in [-0.05, 0) is 31.0 Å². The summed E-state index contributed by atoms with van der Waals surface area (Å²) in [5.74, 6) is 0. The summed E-state index contributed by atoms with van der Waals surface area (Å²) in [6.07, 6.45) is 6.44. The standard InChI is InChI=1S/C16H28N2O/c1-5-8-16(19-4)15(17-7-3)11-14-10-9-13(6-2)12-18-14/h9-10,12,15-17H,5-8,11H2,1-4H3. The monoisotopic (exact) mass is 264 g/mol. The average Bonchev–Trinajstić information content (AvgIpc) is 2.45. The van der Waals surface area contributed by atoms with Crippen LogP contribution in [0.2, 0.25) is 0 Å². The van der Waals surface area contributed by atoms with E-state index in [9.17, 15) is 0 Å². The molecule has 0 aliphatic heterocycles. The number of pyridine rings is 1. The van der Waals surface area contributed by atoms with Crippen LogP contribution in [0, 0.1) is 0 Å². The summed E-state index contributed by atoms with van der Waals surface area (Å²) in [6.45, 7) is 7.45. The number of likely N-dealkylation sites (N-methyl/N-ethyl adjacent to an activating group) is 1. The molecule has 19 heavy (non-hydrogen) atoms. The second-order valence-corrected chi connectivity index (χ2v) is 4.94. The van der Waals surface area contributed by atoms with Crippen molar-refractivity contribution in [3.63, 3.8) is 0 Å². The van der Waals surface area contributed by atoms with Gasteiger partial charge in [-0.15, -0.1) is 0 Å². The summed E-state index contributed by atoms with van der Waals surface area (Å²) < 4.78 is 5.63. The predicted molar refractivity (Wildman–Crippen MR) is 80.5 cm³/mol. The van der Waals surface area contributed by atoms with E-state index in [1.807, 2.05) is 6.20 Å². The second-order valence-electron chi connectivity index (χ2n) is 4.94. The van der Waals surface area contributed by atoms with Gasteiger partial charge in [-0.25, -0.2) is 0 Å². The fourth-order valence-corrected chi connectivity index (χ4v) is 2.38. The van der Waals surface area contributed by atoms with Crippen molar-refractivity contribution in [1.82, 2.24) is 10.3 Å². The van der Waals surface area contributed by atoms with Crippen molar-refractivity contribution in [3.05, 3.63) is 29.6 Å². The topological polar surface area (TPSA) is 34.1 Å². The van der Waals surface area contributed by atoms with Gasteiger partial charge in [-0.1, -0.05) is 33.3 Å². The largest absolute Gasteiger partial charge is 0.380 e. The molecule has 0 saturated heterocycles. The third-order valence-corrected chi connectivity index (χ3v) is 3.51. The van der Waals surface area contributed by atoms with Crippen molar-refractivity contribution < 1.29 is 4.74 Å². The van der Waals surface area contributed by atoms with Crippen molar-refractivity contribution in [2.45, 2.75) is 58.6 Å². The van der Waals surface area contributed by atoms with Crippen LogP contribution in [-0.4, -0.2) is 30.8 Å². The summed E-state index contributed by atoms with van der Waals surface area (Å²) in [4.78, 5) is 4.55. The van der Waals surface area contributed by atoms with Gasteiger partial charge in [-0.2, -0.15) is 0 Å². The molecule has 0 amide bonds. The lowest BCUT2D eigenvalue weighted by Crippen LogP contribution is -2.42. The highest BCUT2D eigenvalue weighted by molar-refractivity contribution is 5.15. The molecule has 2 unspecified atom stereocenters. The van der Waals surface area contributed by atoms with Gasteiger partial charge in [0.2, 0.25) is 0 Å². The number of ether oxygens (including phenoxy) is 1. The van der Waals surface area contributed by atoms with Crippen molar-refractivity contribution in [1.29, 1.82) is 0 Å². The molecule has 2 atom stereocenters. The number of rotatable bonds is 9. The summed E-state index contributed by atoms with van der Waals surface area (Å²) in [5, 5.41) is 3.53. The van der Waals surface area contributed by atoms with Crippen LogP contribution < -0.4 is 5.32 Å². The van der Waals surface area contributed by atoms with Crippen LogP contribution in [-0.2, 0) is 17.6 Å². The Kier molecular flexibility index (Phi) is 7.68. The van der Waals surface area contributed by atoms with Crippen LogP contribution in [0.5, 0.6) is 0 Å². The van der Waals surface area contributed by atoms with Gasteiger partial charge >= 0.3 is 0 Å². The van der Waals surface area contributed by atoms with Gasteiger partial charge in [0, 0.05) is 31.5 Å². The minimum atomic E-state index is 0.262. The number of methoxy groups -OCH3 is 1. The molecule has 1 rings (SSSR count). The maximum Gasteiger partial charge on any atom is 0.0728 e. The number of nitrogens with zero attached hydrogens (tertiary/aromatic N) is 1. The van der Waals surface area contributed by atoms with E-state index in [0.29, 0.717) is 6.04 Å². The van der Waals surface area contributed by atoms with Gasteiger partial charge in [0.05, 0.1) is 6.10 Å². The normalized spacial score (nSPS) is 14.3. The Bertz CT molecular complexity index is 337. The maximum absolute atomic E-state index is 5.63. The summed E-state index contributed by atoms with van der Waals surface area (Å²) in [6, 6.07) is 4.66. The zero-order valence-corrected chi connectivity index (χ0v) is 12.8. The fourth-order valence-electron chi connectivity index (χ4n) is 2.38. The number of nitrogens with one attached hydrogen (secondary N) is 1. The first-order valence-electron chi connectivity index (χ1n) is 7.45. The zero-order valence-electron chi connectivity index (χ0n) is 12.8. The number of aromatic nitrogens is 1. The molecular weight excluding hydrogens is 236 g/mol. The third kappa shape index (κ3) is 5.29. The Labute approximate surface area is 117 Å². The van der Waals surface area contributed by atoms with Crippen LogP contribution in [0.15, 0.2) is 18.3 Å². The summed E-state index contributed by atoms with van der Waals surface area (Å²) in [5.41, 5.74) is 2.43. The number of hydrogen-bond donors (Lipinski definition) is 1. The SMILES string of the molecule is CCCC(OC)C(Cc1ccc(CC)cn1)NCC. The van der Waals surface area contributed by atoms with Crippen molar-refractivity contribution in [3.8, 4) is 0 Å². The Balaban J connectivity index is 2.69. The molecule has 0 fully saturated rings. The highest BCUT2D eigenvalue weighted by atomic mass is 16.5. The van der Waals surface area contributed by atoms with Crippen LogP contribution in [0.3, 0.4) is 0 Å². The van der Waals surface area contributed by atoms with Crippen LogP contribution in [0.4, 0.5) is 0 Å². The lowest BCUT2D eigenvalue weighted by molar-refractivity contribution is 0.0611. The predicted octanol–water partition coefficient (Wildman–Crippen LogP) is 2.98. The fraction of sp³-hybridized carbons (Fsp3) is 0.688. The van der Waals surface area contributed by atoms with Crippen molar-refractivity contribution in [2.75, 3.05) is 13.7 Å². The molecule has 0 bridgehead atoms. The molecule has 1 aromatic heterocycles. The van der Waals surface area contributed by atoms with E-state index in [1.54, 1.807) is 7.11 Å². The van der Waals surface area contributed by atoms with Gasteiger partial charge in [0.25, 0.3) is 0 Å². The lowest BCUT2D eigenvalue weighted by atomic mass is 10.0. The quantitative estimate of drug-likeness (QED) is 0.744. The maximum atomic E-state index is 5.63. The zero-order chi connectivity index (χ0) is 14.1. The van der Waals surface area contributed by atoms with E-state index in [2.05, 4.69) is 43.2 Å². The van der Waals surface area contributed by atoms with Gasteiger partial charge in [0.15, 0.2) is 0 Å². The molecule has 0 radical (unpaired) electrons. The van der Waals surface area contributed by atoms with Crippen LogP contribution >= 0.6 is 0 Å². The van der Waals surface area contributed by atoms with Gasteiger partial charge in [-0.3, -0.25) is 4.98 Å². The Hall–Kier alpha value is -0.930. The Morgan fingerprint density at radius 1 is 1.26 bits per heavy atom. The smallest absolute Gasteiger partial charge is 0.0728 e. The second kappa shape index (κ2) is 9.05. The molecule has 0 spiro atoms. The third-order valence-electron chi connectivity index (χ3n) is 3.51. The summed E-state index contributed by atoms with van der Waals surface area (Å²) >= 11 is 0. The lowest BCUT2D eigenvalue weighted by Gasteiger charge is -2.26. The van der Waals surface area contributed by atoms with E-state index in [1.165, 1.54) is 5.56 Å². The molecule has 1 heterocycles.